The molecule has 1 aromatic heterocycles. The van der Waals surface area contributed by atoms with Gasteiger partial charge in [0.1, 0.15) is 23.0 Å². The molecule has 1 fully saturated rings. The Labute approximate surface area is 218 Å². The third kappa shape index (κ3) is 4.77. The lowest BCUT2D eigenvalue weighted by Gasteiger charge is -2.23. The smallest absolute Gasteiger partial charge is 0.350 e. The second kappa shape index (κ2) is 10.4. The molecule has 1 aliphatic rings. The van der Waals surface area contributed by atoms with Crippen LogP contribution >= 0.6 is 11.3 Å². The zero-order valence-electron chi connectivity index (χ0n) is 20.9. The number of nitrogens with zero attached hydrogens (tertiary/aromatic N) is 2. The normalized spacial score (nSPS) is 16.6. The van der Waals surface area contributed by atoms with Gasteiger partial charge in [-0.3, -0.25) is 14.5 Å². The number of rotatable bonds is 7. The number of aromatic nitrogens is 1. The lowest BCUT2D eigenvalue weighted by atomic mass is 9.93. The Morgan fingerprint density at radius 3 is 2.49 bits per heavy atom. The van der Waals surface area contributed by atoms with E-state index in [4.69, 9.17) is 9.47 Å². The number of hydrogen-bond acceptors (Lipinski definition) is 8. The van der Waals surface area contributed by atoms with Crippen molar-refractivity contribution in [3.8, 4) is 5.75 Å². The number of Topliss-reactive ketones (excluding diaryl/α,β-unsaturated/α-hetero) is 1. The number of thiazole rings is 1. The van der Waals surface area contributed by atoms with Gasteiger partial charge in [0.05, 0.1) is 24.4 Å². The van der Waals surface area contributed by atoms with Crippen molar-refractivity contribution in [2.75, 3.05) is 18.6 Å². The summed E-state index contributed by atoms with van der Waals surface area (Å²) in [4.78, 5) is 45.2. The maximum atomic E-state index is 13.4. The first-order chi connectivity index (χ1) is 17.7. The Balaban J connectivity index is 1.89. The van der Waals surface area contributed by atoms with Gasteiger partial charge >= 0.3 is 11.9 Å². The summed E-state index contributed by atoms with van der Waals surface area (Å²) in [6, 6.07) is 11.4. The molecule has 37 heavy (non-hydrogen) atoms. The minimum atomic E-state index is -0.954. The van der Waals surface area contributed by atoms with Crippen LogP contribution in [0.3, 0.4) is 0 Å². The third-order valence-corrected chi connectivity index (χ3v) is 7.17. The van der Waals surface area contributed by atoms with Crippen molar-refractivity contribution in [1.29, 1.82) is 0 Å². The van der Waals surface area contributed by atoms with Gasteiger partial charge in [0.15, 0.2) is 5.13 Å². The topological polar surface area (TPSA) is 106 Å². The van der Waals surface area contributed by atoms with Crippen LogP contribution in [-0.4, -0.2) is 41.5 Å². The molecule has 0 bridgehead atoms. The van der Waals surface area contributed by atoms with Gasteiger partial charge in [-0.1, -0.05) is 53.8 Å². The SMILES string of the molecule is C=CCOC(=O)c1sc(N2C(=O)C(=O)C(=C(O)c3ccc(OC)cc3C)C2c2ccc(C)cc2)nc1C. The minimum absolute atomic E-state index is 0.0284. The van der Waals surface area contributed by atoms with Gasteiger partial charge < -0.3 is 14.6 Å². The van der Waals surface area contributed by atoms with E-state index in [0.717, 1.165) is 16.9 Å². The van der Waals surface area contributed by atoms with E-state index in [1.165, 1.54) is 18.1 Å². The van der Waals surface area contributed by atoms with Gasteiger partial charge in [0.25, 0.3) is 5.78 Å². The molecule has 1 aliphatic heterocycles. The number of aliphatic hydroxyl groups excluding tert-OH is 1. The lowest BCUT2D eigenvalue weighted by molar-refractivity contribution is -0.132. The summed E-state index contributed by atoms with van der Waals surface area (Å²) < 4.78 is 10.4. The maximum Gasteiger partial charge on any atom is 0.350 e. The summed E-state index contributed by atoms with van der Waals surface area (Å²) in [7, 11) is 1.54. The van der Waals surface area contributed by atoms with E-state index in [-0.39, 0.29) is 27.9 Å². The van der Waals surface area contributed by atoms with Crippen LogP contribution in [0.2, 0.25) is 0 Å². The number of aliphatic hydroxyl groups is 1. The number of hydrogen-bond donors (Lipinski definition) is 1. The average molecular weight is 519 g/mol. The molecule has 0 radical (unpaired) electrons. The van der Waals surface area contributed by atoms with Crippen LogP contribution in [0.25, 0.3) is 5.76 Å². The van der Waals surface area contributed by atoms with Crippen LogP contribution in [0.15, 0.2) is 60.7 Å². The van der Waals surface area contributed by atoms with Crippen molar-refractivity contribution in [1.82, 2.24) is 4.98 Å². The number of methoxy groups -OCH3 is 1. The van der Waals surface area contributed by atoms with Crippen LogP contribution in [0, 0.1) is 20.8 Å². The maximum absolute atomic E-state index is 13.4. The molecular formula is C28H26N2O6S. The molecule has 0 saturated carbocycles. The summed E-state index contributed by atoms with van der Waals surface area (Å²) in [6.07, 6.45) is 1.45. The van der Waals surface area contributed by atoms with Gasteiger partial charge in [0.2, 0.25) is 0 Å². The van der Waals surface area contributed by atoms with Gasteiger partial charge in [-0.2, -0.15) is 0 Å². The molecule has 1 N–H and O–H groups in total. The Morgan fingerprint density at radius 2 is 1.86 bits per heavy atom. The van der Waals surface area contributed by atoms with Crippen molar-refractivity contribution < 1.29 is 29.0 Å². The summed E-state index contributed by atoms with van der Waals surface area (Å²) in [5.74, 6) is -2.00. The number of amides is 1. The first-order valence-electron chi connectivity index (χ1n) is 11.5. The van der Waals surface area contributed by atoms with E-state index in [9.17, 15) is 19.5 Å². The predicted molar refractivity (Wildman–Crippen MR) is 141 cm³/mol. The zero-order chi connectivity index (χ0) is 26.9. The van der Waals surface area contributed by atoms with Crippen LogP contribution in [-0.2, 0) is 14.3 Å². The molecule has 8 nitrogen and oxygen atoms in total. The van der Waals surface area contributed by atoms with Crippen LogP contribution < -0.4 is 9.64 Å². The van der Waals surface area contributed by atoms with Gasteiger partial charge in [-0.15, -0.1) is 0 Å². The molecule has 9 heteroatoms. The number of ketones is 1. The van der Waals surface area contributed by atoms with E-state index in [2.05, 4.69) is 11.6 Å². The predicted octanol–water partition coefficient (Wildman–Crippen LogP) is 5.05. The van der Waals surface area contributed by atoms with Gasteiger partial charge in [-0.25, -0.2) is 9.78 Å². The Morgan fingerprint density at radius 1 is 1.16 bits per heavy atom. The number of aryl methyl sites for hydroxylation is 3. The fourth-order valence-corrected chi connectivity index (χ4v) is 5.13. The number of ether oxygens (including phenoxy) is 2. The molecule has 1 atom stereocenters. The number of anilines is 1. The third-order valence-electron chi connectivity index (χ3n) is 6.04. The van der Waals surface area contributed by atoms with Crippen LogP contribution in [0.5, 0.6) is 5.75 Å². The fraction of sp³-hybridized carbons (Fsp3) is 0.214. The second-order valence-electron chi connectivity index (χ2n) is 8.56. The van der Waals surface area contributed by atoms with Crippen LogP contribution in [0.4, 0.5) is 5.13 Å². The molecule has 2 aromatic carbocycles. The Hall–Kier alpha value is -4.24. The molecule has 3 aromatic rings. The highest BCUT2D eigenvalue weighted by Crippen LogP contribution is 2.44. The average Bonchev–Trinajstić information content (AvgIpc) is 3.39. The molecule has 1 saturated heterocycles. The minimum Gasteiger partial charge on any atom is -0.507 e. The number of esters is 1. The van der Waals surface area contributed by atoms with E-state index in [1.807, 2.05) is 19.1 Å². The Bertz CT molecular complexity index is 1440. The largest absolute Gasteiger partial charge is 0.507 e. The second-order valence-corrected chi connectivity index (χ2v) is 9.54. The number of carbonyl (C=O) groups is 3. The van der Waals surface area contributed by atoms with E-state index in [1.54, 1.807) is 44.2 Å². The molecule has 2 heterocycles. The number of benzene rings is 2. The van der Waals surface area contributed by atoms with Crippen molar-refractivity contribution in [3.05, 3.63) is 93.5 Å². The van der Waals surface area contributed by atoms with Crippen LogP contribution in [0.1, 0.15) is 43.7 Å². The quantitative estimate of drug-likeness (QED) is 0.153. The molecule has 1 unspecified atom stereocenters. The molecule has 190 valence electrons. The molecule has 4 rings (SSSR count). The standard InChI is InChI=1S/C28H26N2O6S/c1-6-13-36-27(34)25-17(4)29-28(37-25)30-22(18-9-7-15(2)8-10-18)21(24(32)26(30)33)23(31)20-12-11-19(35-5)14-16(20)3/h6-12,14,22,31H,1,13H2,2-5H3. The van der Waals surface area contributed by atoms with Crippen molar-refractivity contribution >= 4 is 39.9 Å². The van der Waals surface area contributed by atoms with Crippen molar-refractivity contribution in [2.45, 2.75) is 26.8 Å². The van der Waals surface area contributed by atoms with E-state index < -0.39 is 23.7 Å². The van der Waals surface area contributed by atoms with Crippen molar-refractivity contribution in [2.24, 2.45) is 0 Å². The van der Waals surface area contributed by atoms with E-state index in [0.29, 0.717) is 28.1 Å². The first kappa shape index (κ1) is 25.8. The summed E-state index contributed by atoms with van der Waals surface area (Å²) >= 11 is 0.952. The fourth-order valence-electron chi connectivity index (χ4n) is 4.14. The zero-order valence-corrected chi connectivity index (χ0v) is 21.7. The highest BCUT2D eigenvalue weighted by molar-refractivity contribution is 7.17. The molecule has 0 spiro atoms. The highest BCUT2D eigenvalue weighted by Gasteiger charge is 2.48. The van der Waals surface area contributed by atoms with Crippen molar-refractivity contribution in [3.63, 3.8) is 0 Å². The lowest BCUT2D eigenvalue weighted by Crippen LogP contribution is -2.29. The monoisotopic (exact) mass is 518 g/mol. The van der Waals surface area contributed by atoms with E-state index >= 15 is 0 Å². The van der Waals surface area contributed by atoms with Gasteiger partial charge in [-0.05, 0) is 50.1 Å². The summed E-state index contributed by atoms with van der Waals surface area (Å²) in [6.45, 7) is 8.89. The molecule has 0 aliphatic carbocycles. The molecule has 1 amide bonds. The van der Waals surface area contributed by atoms with Gasteiger partial charge in [0, 0.05) is 5.56 Å². The highest BCUT2D eigenvalue weighted by atomic mass is 32.1. The number of carbonyl (C=O) groups excluding carboxylic acids is 3. The summed E-state index contributed by atoms with van der Waals surface area (Å²) in [5, 5.41) is 11.5. The molecular weight excluding hydrogens is 492 g/mol. The Kier molecular flexibility index (Phi) is 7.26. The first-order valence-corrected chi connectivity index (χ1v) is 12.3. The summed E-state index contributed by atoms with van der Waals surface area (Å²) in [5.41, 5.74) is 2.98.